The third kappa shape index (κ3) is 1.95. The molecule has 0 unspecified atom stereocenters. The molecule has 0 amide bonds. The molecule has 1 aliphatic rings. The first-order chi connectivity index (χ1) is 8.06. The van der Waals surface area contributed by atoms with E-state index >= 15 is 0 Å². The van der Waals surface area contributed by atoms with Gasteiger partial charge in [-0.3, -0.25) is 4.90 Å². The van der Waals surface area contributed by atoms with Gasteiger partial charge in [0.25, 0.3) is 0 Å². The van der Waals surface area contributed by atoms with Crippen LogP contribution in [0.25, 0.3) is 0 Å². The van der Waals surface area contributed by atoms with Crippen molar-refractivity contribution >= 4 is 5.97 Å². The number of carboxylic acids is 1. The topological polar surface area (TPSA) is 40.5 Å². The number of carboxylic acid groups (broad SMARTS) is 1. The lowest BCUT2D eigenvalue weighted by atomic mass is 9.87. The van der Waals surface area contributed by atoms with Crippen LogP contribution in [0.15, 0.2) is 24.3 Å². The minimum absolute atomic E-state index is 0.756. The van der Waals surface area contributed by atoms with Crippen LogP contribution in [0.2, 0.25) is 0 Å². The molecule has 1 aromatic carbocycles. The number of hydrogen-bond donors (Lipinski definition) is 1. The van der Waals surface area contributed by atoms with Crippen molar-refractivity contribution in [3.05, 3.63) is 35.4 Å². The number of aliphatic carboxylic acids is 1. The third-order valence-corrected chi connectivity index (χ3v) is 3.82. The summed E-state index contributed by atoms with van der Waals surface area (Å²) in [6.45, 7) is 5.55. The maximum Gasteiger partial charge on any atom is 0.328 e. The second-order valence-corrected chi connectivity index (χ2v) is 4.89. The average Bonchev–Trinajstić information content (AvgIpc) is 2.82. The number of likely N-dealkylation sites (tertiary alicyclic amines) is 1. The molecule has 1 N–H and O–H groups in total. The molecule has 1 aromatic rings. The van der Waals surface area contributed by atoms with E-state index in [2.05, 4.69) is 4.90 Å². The Morgan fingerprint density at radius 1 is 1.29 bits per heavy atom. The number of rotatable bonds is 3. The highest BCUT2D eigenvalue weighted by molar-refractivity contribution is 5.80. The Balaban J connectivity index is 2.47. The van der Waals surface area contributed by atoms with E-state index < -0.39 is 11.5 Å². The number of aryl methyl sites for hydroxylation is 1. The molecule has 0 radical (unpaired) electrons. The van der Waals surface area contributed by atoms with Crippen molar-refractivity contribution in [2.24, 2.45) is 0 Å². The van der Waals surface area contributed by atoms with E-state index in [0.29, 0.717) is 0 Å². The summed E-state index contributed by atoms with van der Waals surface area (Å²) in [5.41, 5.74) is 1.07. The Labute approximate surface area is 102 Å². The van der Waals surface area contributed by atoms with Gasteiger partial charge in [-0.15, -0.1) is 0 Å². The standard InChI is InChI=1S/C14H19NO2/c1-11-7-3-4-8-12(11)14(2,13(16)17)15-9-5-6-10-15/h3-4,7-8H,5-6,9-10H2,1-2H3,(H,16,17)/t14-/m1/s1. The summed E-state index contributed by atoms with van der Waals surface area (Å²) in [7, 11) is 0. The molecule has 0 aliphatic carbocycles. The van der Waals surface area contributed by atoms with Crippen molar-refractivity contribution in [3.63, 3.8) is 0 Å². The van der Waals surface area contributed by atoms with Gasteiger partial charge in [0.05, 0.1) is 0 Å². The molecule has 3 heteroatoms. The summed E-state index contributed by atoms with van der Waals surface area (Å²) >= 11 is 0. The second kappa shape index (κ2) is 4.49. The zero-order valence-corrected chi connectivity index (χ0v) is 10.4. The lowest BCUT2D eigenvalue weighted by Crippen LogP contribution is -2.48. The Kier molecular flexibility index (Phi) is 3.20. The number of hydrogen-bond acceptors (Lipinski definition) is 2. The van der Waals surface area contributed by atoms with Gasteiger partial charge in [0.15, 0.2) is 0 Å². The molecular formula is C14H19NO2. The van der Waals surface area contributed by atoms with Gasteiger partial charge < -0.3 is 5.11 Å². The van der Waals surface area contributed by atoms with Crippen molar-refractivity contribution in [2.45, 2.75) is 32.2 Å². The van der Waals surface area contributed by atoms with Crippen LogP contribution in [0.1, 0.15) is 30.9 Å². The molecule has 92 valence electrons. The van der Waals surface area contributed by atoms with Gasteiger partial charge in [0.1, 0.15) is 5.54 Å². The third-order valence-electron chi connectivity index (χ3n) is 3.82. The van der Waals surface area contributed by atoms with E-state index in [4.69, 9.17) is 0 Å². The summed E-state index contributed by atoms with van der Waals surface area (Å²) < 4.78 is 0. The molecule has 1 heterocycles. The summed E-state index contributed by atoms with van der Waals surface area (Å²) in [6.07, 6.45) is 2.18. The number of benzene rings is 1. The first-order valence-corrected chi connectivity index (χ1v) is 6.11. The highest BCUT2D eigenvalue weighted by atomic mass is 16.4. The minimum Gasteiger partial charge on any atom is -0.480 e. The zero-order valence-electron chi connectivity index (χ0n) is 10.4. The van der Waals surface area contributed by atoms with E-state index in [1.165, 1.54) is 0 Å². The molecule has 0 bridgehead atoms. The molecule has 0 spiro atoms. The largest absolute Gasteiger partial charge is 0.480 e. The fourth-order valence-corrected chi connectivity index (χ4v) is 2.70. The molecule has 0 saturated carbocycles. The molecule has 3 nitrogen and oxygen atoms in total. The first-order valence-electron chi connectivity index (χ1n) is 6.11. The molecule has 1 atom stereocenters. The smallest absolute Gasteiger partial charge is 0.328 e. The fraction of sp³-hybridized carbons (Fsp3) is 0.500. The summed E-state index contributed by atoms with van der Waals surface area (Å²) in [5.74, 6) is -0.756. The van der Waals surface area contributed by atoms with Crippen LogP contribution < -0.4 is 0 Å². The van der Waals surface area contributed by atoms with E-state index in [9.17, 15) is 9.90 Å². The van der Waals surface area contributed by atoms with Crippen LogP contribution in [0.3, 0.4) is 0 Å². The Bertz CT molecular complexity index is 424. The molecule has 0 aromatic heterocycles. The van der Waals surface area contributed by atoms with Crippen molar-refractivity contribution < 1.29 is 9.90 Å². The maximum atomic E-state index is 11.7. The summed E-state index contributed by atoms with van der Waals surface area (Å²) in [4.78, 5) is 13.8. The fourth-order valence-electron chi connectivity index (χ4n) is 2.70. The van der Waals surface area contributed by atoms with E-state index in [1.807, 2.05) is 38.1 Å². The average molecular weight is 233 g/mol. The van der Waals surface area contributed by atoms with Crippen LogP contribution in [0, 0.1) is 6.92 Å². The van der Waals surface area contributed by atoms with Gasteiger partial charge in [-0.05, 0) is 50.9 Å². The normalized spacial score (nSPS) is 20.1. The summed E-state index contributed by atoms with van der Waals surface area (Å²) in [5, 5.41) is 9.63. The van der Waals surface area contributed by atoms with Crippen LogP contribution in [-0.2, 0) is 10.3 Å². The highest BCUT2D eigenvalue weighted by Crippen LogP contribution is 2.33. The molecule has 1 aliphatic heterocycles. The highest BCUT2D eigenvalue weighted by Gasteiger charge is 2.43. The van der Waals surface area contributed by atoms with Crippen LogP contribution in [0.4, 0.5) is 0 Å². The van der Waals surface area contributed by atoms with Gasteiger partial charge in [-0.2, -0.15) is 0 Å². The van der Waals surface area contributed by atoms with Gasteiger partial charge in [0, 0.05) is 0 Å². The molecular weight excluding hydrogens is 214 g/mol. The van der Waals surface area contributed by atoms with Crippen LogP contribution in [0.5, 0.6) is 0 Å². The van der Waals surface area contributed by atoms with Gasteiger partial charge in [0.2, 0.25) is 0 Å². The van der Waals surface area contributed by atoms with Crippen LogP contribution >= 0.6 is 0 Å². The van der Waals surface area contributed by atoms with Crippen molar-refractivity contribution in [1.82, 2.24) is 4.90 Å². The Hall–Kier alpha value is -1.35. The quantitative estimate of drug-likeness (QED) is 0.871. The van der Waals surface area contributed by atoms with Crippen molar-refractivity contribution in [3.8, 4) is 0 Å². The lowest BCUT2D eigenvalue weighted by molar-refractivity contribution is -0.150. The first kappa shape index (κ1) is 12.1. The van der Waals surface area contributed by atoms with Crippen LogP contribution in [-0.4, -0.2) is 29.1 Å². The zero-order chi connectivity index (χ0) is 12.5. The predicted molar refractivity (Wildman–Crippen MR) is 67.0 cm³/mol. The molecule has 1 fully saturated rings. The SMILES string of the molecule is Cc1ccccc1[C@](C)(C(=O)O)N1CCCC1. The molecule has 2 rings (SSSR count). The van der Waals surface area contributed by atoms with Gasteiger partial charge in [-0.1, -0.05) is 24.3 Å². The van der Waals surface area contributed by atoms with E-state index in [-0.39, 0.29) is 0 Å². The van der Waals surface area contributed by atoms with E-state index in [1.54, 1.807) is 0 Å². The minimum atomic E-state index is -0.887. The number of carbonyl (C=O) groups is 1. The molecule has 17 heavy (non-hydrogen) atoms. The van der Waals surface area contributed by atoms with Gasteiger partial charge in [-0.25, -0.2) is 4.79 Å². The molecule has 1 saturated heterocycles. The number of nitrogens with zero attached hydrogens (tertiary/aromatic N) is 1. The van der Waals surface area contributed by atoms with Gasteiger partial charge >= 0.3 is 5.97 Å². The van der Waals surface area contributed by atoms with Crippen molar-refractivity contribution in [2.75, 3.05) is 13.1 Å². The monoisotopic (exact) mass is 233 g/mol. The van der Waals surface area contributed by atoms with E-state index in [0.717, 1.165) is 37.1 Å². The summed E-state index contributed by atoms with van der Waals surface area (Å²) in [6, 6.07) is 7.78. The maximum absolute atomic E-state index is 11.7. The second-order valence-electron chi connectivity index (χ2n) is 4.89. The Morgan fingerprint density at radius 3 is 2.41 bits per heavy atom. The lowest BCUT2D eigenvalue weighted by Gasteiger charge is -2.36. The predicted octanol–water partition coefficient (Wildman–Crippen LogP) is 2.39. The Morgan fingerprint density at radius 2 is 1.88 bits per heavy atom. The van der Waals surface area contributed by atoms with Crippen molar-refractivity contribution in [1.29, 1.82) is 0 Å².